The molecule has 5 aromatic rings. The van der Waals surface area contributed by atoms with Crippen LogP contribution in [0.3, 0.4) is 0 Å². The number of hydrogen-bond donors (Lipinski definition) is 1. The Hall–Kier alpha value is -4.85. The third-order valence-corrected chi connectivity index (χ3v) is 7.01. The molecule has 0 amide bonds. The van der Waals surface area contributed by atoms with Crippen LogP contribution in [-0.2, 0) is 0 Å². The van der Waals surface area contributed by atoms with Gasteiger partial charge in [-0.05, 0) is 37.7 Å². The van der Waals surface area contributed by atoms with E-state index in [0.29, 0.717) is 52.0 Å². The maximum atomic E-state index is 15.1. The molecule has 2 aromatic carbocycles. The minimum absolute atomic E-state index is 0.0794. The van der Waals surface area contributed by atoms with Gasteiger partial charge in [0.25, 0.3) is 5.92 Å². The zero-order chi connectivity index (χ0) is 29.4. The average Bonchev–Trinajstić information content (AvgIpc) is 3.43. The molecular formula is C28H28F2N8O4. The van der Waals surface area contributed by atoms with E-state index >= 15 is 8.78 Å². The summed E-state index contributed by atoms with van der Waals surface area (Å²) in [5, 5.41) is 7.69. The SMILES string of the molecule is COc1cc2ncnc(Nc3ccc(Oc4cc5ncnn5cn4)c(C)c3)c2c(O[C@@H]2CCN(C)CC2(F)F)c1OC. The monoisotopic (exact) mass is 578 g/mol. The van der Waals surface area contributed by atoms with Gasteiger partial charge in [-0.25, -0.2) is 33.2 Å². The molecule has 0 bridgehead atoms. The fourth-order valence-electron chi connectivity index (χ4n) is 4.93. The highest BCUT2D eigenvalue weighted by molar-refractivity contribution is 5.99. The fourth-order valence-corrected chi connectivity index (χ4v) is 4.93. The molecule has 14 heteroatoms. The lowest BCUT2D eigenvalue weighted by Gasteiger charge is -2.36. The van der Waals surface area contributed by atoms with Crippen LogP contribution in [0.1, 0.15) is 12.0 Å². The van der Waals surface area contributed by atoms with E-state index in [9.17, 15) is 0 Å². The number of piperidine rings is 1. The molecule has 1 aliphatic rings. The predicted octanol–water partition coefficient (Wildman–Crippen LogP) is 4.65. The molecule has 1 N–H and O–H groups in total. The van der Waals surface area contributed by atoms with E-state index < -0.39 is 18.6 Å². The number of nitrogens with one attached hydrogen (secondary N) is 1. The van der Waals surface area contributed by atoms with Crippen molar-refractivity contribution in [1.29, 1.82) is 0 Å². The zero-order valence-electron chi connectivity index (χ0n) is 23.3. The Morgan fingerprint density at radius 1 is 0.976 bits per heavy atom. The minimum Gasteiger partial charge on any atom is -0.493 e. The number of aromatic nitrogens is 6. The molecule has 0 aliphatic carbocycles. The molecule has 3 aromatic heterocycles. The first kappa shape index (κ1) is 27.3. The lowest BCUT2D eigenvalue weighted by atomic mass is 10.0. The molecule has 1 aliphatic heterocycles. The molecule has 42 heavy (non-hydrogen) atoms. The summed E-state index contributed by atoms with van der Waals surface area (Å²) in [6, 6.07) is 8.80. The van der Waals surface area contributed by atoms with E-state index in [4.69, 9.17) is 18.9 Å². The molecule has 0 unspecified atom stereocenters. The van der Waals surface area contributed by atoms with Gasteiger partial charge in [-0.1, -0.05) is 0 Å². The smallest absolute Gasteiger partial charge is 0.296 e. The van der Waals surface area contributed by atoms with Crippen molar-refractivity contribution in [1.82, 2.24) is 34.4 Å². The third-order valence-electron chi connectivity index (χ3n) is 7.01. The zero-order valence-corrected chi connectivity index (χ0v) is 23.3. The molecule has 6 rings (SSSR count). The van der Waals surface area contributed by atoms with Crippen LogP contribution in [-0.4, -0.2) is 80.8 Å². The number of ether oxygens (including phenoxy) is 4. The van der Waals surface area contributed by atoms with Crippen molar-refractivity contribution < 1.29 is 27.7 Å². The Balaban J connectivity index is 1.35. The normalized spacial score (nSPS) is 16.9. The van der Waals surface area contributed by atoms with E-state index in [1.165, 1.54) is 37.7 Å². The van der Waals surface area contributed by atoms with Gasteiger partial charge in [-0.2, -0.15) is 5.10 Å². The molecule has 4 heterocycles. The van der Waals surface area contributed by atoms with E-state index in [-0.39, 0.29) is 17.9 Å². The number of anilines is 2. The molecule has 218 valence electrons. The number of alkyl halides is 2. The second kappa shape index (κ2) is 10.9. The van der Waals surface area contributed by atoms with Gasteiger partial charge in [0, 0.05) is 30.8 Å². The average molecular weight is 579 g/mol. The first-order chi connectivity index (χ1) is 20.3. The van der Waals surface area contributed by atoms with E-state index in [1.54, 1.807) is 36.2 Å². The molecule has 1 saturated heterocycles. The second-order valence-corrected chi connectivity index (χ2v) is 9.95. The van der Waals surface area contributed by atoms with Crippen molar-refractivity contribution in [3.63, 3.8) is 0 Å². The fraction of sp³-hybridized carbons (Fsp3) is 0.321. The lowest BCUT2D eigenvalue weighted by Crippen LogP contribution is -2.52. The lowest BCUT2D eigenvalue weighted by molar-refractivity contribution is -0.135. The van der Waals surface area contributed by atoms with Gasteiger partial charge in [-0.15, -0.1) is 0 Å². The van der Waals surface area contributed by atoms with Crippen molar-refractivity contribution in [3.8, 4) is 28.9 Å². The first-order valence-corrected chi connectivity index (χ1v) is 13.1. The van der Waals surface area contributed by atoms with Crippen LogP contribution in [0, 0.1) is 6.92 Å². The summed E-state index contributed by atoms with van der Waals surface area (Å²) < 4.78 is 54.8. The van der Waals surface area contributed by atoms with Gasteiger partial charge in [0.2, 0.25) is 11.6 Å². The van der Waals surface area contributed by atoms with Crippen LogP contribution in [0.15, 0.2) is 49.3 Å². The summed E-state index contributed by atoms with van der Waals surface area (Å²) >= 11 is 0. The molecule has 0 spiro atoms. The Bertz CT molecular complexity index is 1770. The standard InChI is InChI=1S/C28H28F2N8O4/c1-16-9-17(5-6-19(16)41-23-11-22-32-14-35-38(22)15-34-23)36-27-24-18(31-13-33-27)10-20(39-3)25(40-4)26(24)42-21-7-8-37(2)12-28(21,29)30/h5-6,9-11,13-15,21H,7-8,12H2,1-4H3,(H,31,33,36)/t21-/m1/s1. The quantitative estimate of drug-likeness (QED) is 0.277. The summed E-state index contributed by atoms with van der Waals surface area (Å²) in [4.78, 5) is 18.8. The number of benzene rings is 2. The molecule has 1 atom stereocenters. The summed E-state index contributed by atoms with van der Waals surface area (Å²) in [6.07, 6.45) is 3.08. The van der Waals surface area contributed by atoms with Gasteiger partial charge in [0.15, 0.2) is 23.3 Å². The van der Waals surface area contributed by atoms with Crippen LogP contribution in [0.4, 0.5) is 20.3 Å². The van der Waals surface area contributed by atoms with Crippen molar-refractivity contribution in [2.75, 3.05) is 39.7 Å². The number of fused-ring (bicyclic) bond motifs is 2. The van der Waals surface area contributed by atoms with E-state index in [0.717, 1.165) is 5.56 Å². The third kappa shape index (κ3) is 5.16. The highest BCUT2D eigenvalue weighted by Crippen LogP contribution is 2.47. The van der Waals surface area contributed by atoms with Crippen LogP contribution in [0.25, 0.3) is 16.6 Å². The second-order valence-electron chi connectivity index (χ2n) is 9.95. The number of rotatable bonds is 8. The Morgan fingerprint density at radius 3 is 2.60 bits per heavy atom. The van der Waals surface area contributed by atoms with Gasteiger partial charge in [-0.3, -0.25) is 0 Å². The topological polar surface area (TPSA) is 121 Å². The highest BCUT2D eigenvalue weighted by atomic mass is 19.3. The minimum atomic E-state index is -3.09. The largest absolute Gasteiger partial charge is 0.493 e. The Kier molecular flexibility index (Phi) is 7.06. The van der Waals surface area contributed by atoms with Crippen LogP contribution in [0.2, 0.25) is 0 Å². The molecule has 0 radical (unpaired) electrons. The summed E-state index contributed by atoms with van der Waals surface area (Å²) in [5.74, 6) is -1.23. The highest BCUT2D eigenvalue weighted by Gasteiger charge is 2.46. The maximum Gasteiger partial charge on any atom is 0.296 e. The van der Waals surface area contributed by atoms with Gasteiger partial charge in [0.1, 0.15) is 30.5 Å². The van der Waals surface area contributed by atoms with Crippen LogP contribution in [0.5, 0.6) is 28.9 Å². The van der Waals surface area contributed by atoms with Crippen molar-refractivity contribution in [3.05, 3.63) is 54.9 Å². The number of likely N-dealkylation sites (tertiary alicyclic amines) is 1. The number of nitrogens with zero attached hydrogens (tertiary/aromatic N) is 7. The first-order valence-electron chi connectivity index (χ1n) is 13.1. The number of hydrogen-bond acceptors (Lipinski definition) is 11. The van der Waals surface area contributed by atoms with Crippen molar-refractivity contribution in [2.24, 2.45) is 0 Å². The van der Waals surface area contributed by atoms with Crippen LogP contribution >= 0.6 is 0 Å². The number of methoxy groups -OCH3 is 2. The molecule has 12 nitrogen and oxygen atoms in total. The van der Waals surface area contributed by atoms with Gasteiger partial charge < -0.3 is 29.2 Å². The van der Waals surface area contributed by atoms with Gasteiger partial charge >= 0.3 is 0 Å². The summed E-state index contributed by atoms with van der Waals surface area (Å²) in [7, 11) is 4.55. The number of aryl methyl sites for hydroxylation is 1. The van der Waals surface area contributed by atoms with Crippen LogP contribution < -0.4 is 24.3 Å². The molecule has 1 fully saturated rings. The maximum absolute atomic E-state index is 15.1. The van der Waals surface area contributed by atoms with Crippen molar-refractivity contribution in [2.45, 2.75) is 25.4 Å². The summed E-state index contributed by atoms with van der Waals surface area (Å²) in [5.41, 5.74) is 2.52. The summed E-state index contributed by atoms with van der Waals surface area (Å²) in [6.45, 7) is 1.93. The Morgan fingerprint density at radius 2 is 1.83 bits per heavy atom. The van der Waals surface area contributed by atoms with E-state index in [2.05, 4.69) is 30.4 Å². The molecular weight excluding hydrogens is 550 g/mol. The van der Waals surface area contributed by atoms with Crippen molar-refractivity contribution >= 4 is 28.1 Å². The Labute approximate surface area is 239 Å². The van der Waals surface area contributed by atoms with Gasteiger partial charge in [0.05, 0.1) is 31.7 Å². The predicted molar refractivity (Wildman–Crippen MR) is 149 cm³/mol. The van der Waals surface area contributed by atoms with E-state index in [1.807, 2.05) is 13.0 Å². The number of halogens is 2. The molecule has 0 saturated carbocycles.